The van der Waals surface area contributed by atoms with Gasteiger partial charge in [0, 0.05) is 19.8 Å². The van der Waals surface area contributed by atoms with Crippen molar-refractivity contribution in [3.8, 4) is 0 Å². The van der Waals surface area contributed by atoms with Crippen molar-refractivity contribution in [1.29, 1.82) is 0 Å². The van der Waals surface area contributed by atoms with Crippen LogP contribution in [0.3, 0.4) is 0 Å². The van der Waals surface area contributed by atoms with Crippen LogP contribution in [0.1, 0.15) is 26.7 Å². The van der Waals surface area contributed by atoms with Gasteiger partial charge in [0.05, 0.1) is 6.42 Å². The summed E-state index contributed by atoms with van der Waals surface area (Å²) < 4.78 is 11.4. The van der Waals surface area contributed by atoms with E-state index in [1.165, 1.54) is 0 Å². The second-order valence-corrected chi connectivity index (χ2v) is 7.34. The van der Waals surface area contributed by atoms with E-state index in [4.69, 9.17) is 14.0 Å². The van der Waals surface area contributed by atoms with Crippen LogP contribution in [0.2, 0.25) is 12.6 Å². The molecule has 0 amide bonds. The third-order valence-corrected chi connectivity index (χ3v) is 5.46. The zero-order valence-corrected chi connectivity index (χ0v) is 12.1. The number of hydrogen-bond acceptors (Lipinski definition) is 4. The Morgan fingerprint density at radius 3 is 2.29 bits per heavy atom. The Morgan fingerprint density at radius 2 is 1.82 bits per heavy atom. The van der Waals surface area contributed by atoms with Gasteiger partial charge >= 0.3 is 14.5 Å². The van der Waals surface area contributed by atoms with E-state index >= 15 is 0 Å². The van der Waals surface area contributed by atoms with Crippen LogP contribution in [-0.2, 0) is 13.6 Å². The average molecular weight is 263 g/mol. The molecule has 0 aromatic rings. The molecular formula is C11H25NO4Si. The normalized spacial score (nSPS) is 11.7. The molecule has 0 fully saturated rings. The third kappa shape index (κ3) is 9.28. The van der Waals surface area contributed by atoms with Crippen LogP contribution in [0, 0.1) is 0 Å². The maximum atomic E-state index is 10.3. The Balaban J connectivity index is 3.64. The molecule has 0 rings (SSSR count). The highest BCUT2D eigenvalue weighted by Crippen LogP contribution is 2.15. The van der Waals surface area contributed by atoms with Gasteiger partial charge in [-0.3, -0.25) is 4.79 Å². The maximum absolute atomic E-state index is 10.3. The number of carboxylic acids is 1. The fourth-order valence-electron chi connectivity index (χ4n) is 1.65. The van der Waals surface area contributed by atoms with Gasteiger partial charge in [-0.2, -0.15) is 0 Å². The molecule has 0 bridgehead atoms. The van der Waals surface area contributed by atoms with Crippen molar-refractivity contribution in [2.45, 2.75) is 39.3 Å². The highest BCUT2D eigenvalue weighted by molar-refractivity contribution is 6.66. The van der Waals surface area contributed by atoms with Gasteiger partial charge in [-0.1, -0.05) is 0 Å². The number of carboxylic acid groups (broad SMARTS) is 1. The minimum absolute atomic E-state index is 0.172. The van der Waals surface area contributed by atoms with Crippen LogP contribution < -0.4 is 5.32 Å². The van der Waals surface area contributed by atoms with Crippen LogP contribution in [0.15, 0.2) is 0 Å². The molecule has 0 aromatic heterocycles. The summed E-state index contributed by atoms with van der Waals surface area (Å²) in [7, 11) is -1.99. The van der Waals surface area contributed by atoms with Crippen molar-refractivity contribution >= 4 is 14.5 Å². The maximum Gasteiger partial charge on any atom is 0.334 e. The summed E-state index contributed by atoms with van der Waals surface area (Å²) in [6, 6.07) is 0.939. The van der Waals surface area contributed by atoms with E-state index in [-0.39, 0.29) is 6.42 Å². The van der Waals surface area contributed by atoms with Crippen LogP contribution in [0.5, 0.6) is 0 Å². The predicted octanol–water partition coefficient (Wildman–Crippen LogP) is 1.59. The van der Waals surface area contributed by atoms with E-state index < -0.39 is 14.5 Å². The smallest absolute Gasteiger partial charge is 0.334 e. The summed E-state index contributed by atoms with van der Waals surface area (Å²) in [4.78, 5) is 10.3. The topological polar surface area (TPSA) is 67.8 Å². The molecule has 0 spiro atoms. The molecular weight excluding hydrogens is 238 g/mol. The van der Waals surface area contributed by atoms with Gasteiger partial charge in [0.1, 0.15) is 0 Å². The molecule has 0 aromatic carbocycles. The first-order valence-corrected chi connectivity index (χ1v) is 8.77. The van der Waals surface area contributed by atoms with Crippen molar-refractivity contribution in [3.63, 3.8) is 0 Å². The summed E-state index contributed by atoms with van der Waals surface area (Å²) >= 11 is 0. The summed E-state index contributed by atoms with van der Waals surface area (Å²) in [5.41, 5.74) is 0. The van der Waals surface area contributed by atoms with Crippen LogP contribution in [0.4, 0.5) is 0 Å². The van der Waals surface area contributed by atoms with Crippen LogP contribution in [0.25, 0.3) is 0 Å². The minimum Gasteiger partial charge on any atom is -0.481 e. The van der Waals surface area contributed by atoms with E-state index in [1.54, 1.807) is 0 Å². The zero-order valence-electron chi connectivity index (χ0n) is 11.1. The van der Waals surface area contributed by atoms with Gasteiger partial charge in [-0.15, -0.1) is 0 Å². The van der Waals surface area contributed by atoms with Gasteiger partial charge in [-0.25, -0.2) is 0 Å². The van der Waals surface area contributed by atoms with Crippen molar-refractivity contribution in [3.05, 3.63) is 0 Å². The van der Waals surface area contributed by atoms with Crippen molar-refractivity contribution in [2.24, 2.45) is 0 Å². The lowest BCUT2D eigenvalue weighted by Gasteiger charge is -2.25. The summed E-state index contributed by atoms with van der Waals surface area (Å²) in [6.45, 7) is 8.76. The first-order valence-electron chi connectivity index (χ1n) is 6.24. The Hall–Kier alpha value is -0.433. The van der Waals surface area contributed by atoms with E-state index in [2.05, 4.69) is 11.9 Å². The fraction of sp³-hybridized carbons (Fsp3) is 0.909. The van der Waals surface area contributed by atoms with E-state index in [1.807, 2.05) is 13.8 Å². The molecule has 0 radical (unpaired) electrons. The molecule has 102 valence electrons. The van der Waals surface area contributed by atoms with E-state index in [0.29, 0.717) is 19.8 Å². The molecule has 0 aliphatic heterocycles. The van der Waals surface area contributed by atoms with Crippen molar-refractivity contribution in [2.75, 3.05) is 26.3 Å². The predicted molar refractivity (Wildman–Crippen MR) is 69.4 cm³/mol. The Bertz CT molecular complexity index is 208. The fourth-order valence-corrected chi connectivity index (χ4v) is 4.06. The Labute approximate surface area is 105 Å². The molecule has 17 heavy (non-hydrogen) atoms. The lowest BCUT2D eigenvalue weighted by molar-refractivity contribution is -0.136. The monoisotopic (exact) mass is 263 g/mol. The molecule has 0 aliphatic rings. The first kappa shape index (κ1) is 16.6. The first-order chi connectivity index (χ1) is 8.04. The lowest BCUT2D eigenvalue weighted by atomic mass is 10.4. The van der Waals surface area contributed by atoms with Gasteiger partial charge in [0.15, 0.2) is 0 Å². The second kappa shape index (κ2) is 9.58. The molecule has 5 nitrogen and oxygen atoms in total. The third-order valence-electron chi connectivity index (χ3n) is 2.40. The highest BCUT2D eigenvalue weighted by atomic mass is 28.4. The largest absolute Gasteiger partial charge is 0.481 e. The molecule has 0 unspecified atom stereocenters. The van der Waals surface area contributed by atoms with Gasteiger partial charge in [-0.05, 0) is 39.4 Å². The van der Waals surface area contributed by atoms with Gasteiger partial charge in [0.25, 0.3) is 0 Å². The quantitative estimate of drug-likeness (QED) is 0.437. The van der Waals surface area contributed by atoms with Crippen LogP contribution >= 0.6 is 0 Å². The molecule has 6 heteroatoms. The molecule has 0 heterocycles. The standard InChI is InChI=1S/C11H25NO4Si/c1-4-15-17(3,16-5-2)10-6-8-12-9-7-11(13)14/h12H,4-10H2,1-3H3,(H,13,14). The molecule has 0 aliphatic carbocycles. The summed E-state index contributed by atoms with van der Waals surface area (Å²) in [5.74, 6) is -0.764. The second-order valence-electron chi connectivity index (χ2n) is 4.00. The van der Waals surface area contributed by atoms with E-state index in [9.17, 15) is 4.79 Å². The molecule has 0 atom stereocenters. The Kier molecular flexibility index (Phi) is 9.34. The highest BCUT2D eigenvalue weighted by Gasteiger charge is 2.29. The van der Waals surface area contributed by atoms with E-state index in [0.717, 1.165) is 19.0 Å². The zero-order chi connectivity index (χ0) is 13.1. The average Bonchev–Trinajstić information content (AvgIpc) is 2.23. The minimum atomic E-state index is -1.99. The summed E-state index contributed by atoms with van der Waals surface area (Å²) in [5, 5.41) is 11.6. The van der Waals surface area contributed by atoms with Gasteiger partial charge in [0.2, 0.25) is 0 Å². The van der Waals surface area contributed by atoms with Crippen molar-refractivity contribution < 1.29 is 18.8 Å². The number of hydrogen-bond donors (Lipinski definition) is 2. The molecule has 0 saturated carbocycles. The number of rotatable bonds is 11. The number of carbonyl (C=O) groups is 1. The summed E-state index contributed by atoms with van der Waals surface area (Å²) in [6.07, 6.45) is 1.13. The SMILES string of the molecule is CCO[Si](C)(CCCNCCC(=O)O)OCC. The molecule has 0 saturated heterocycles. The number of aliphatic carboxylic acids is 1. The van der Waals surface area contributed by atoms with Crippen molar-refractivity contribution in [1.82, 2.24) is 5.32 Å². The lowest BCUT2D eigenvalue weighted by Crippen LogP contribution is -2.39. The molecule has 2 N–H and O–H groups in total. The number of nitrogens with one attached hydrogen (secondary N) is 1. The van der Waals surface area contributed by atoms with Gasteiger partial charge < -0.3 is 19.3 Å². The van der Waals surface area contributed by atoms with Crippen LogP contribution in [-0.4, -0.2) is 45.9 Å². The Morgan fingerprint density at radius 1 is 1.24 bits per heavy atom.